The van der Waals surface area contributed by atoms with Crippen LogP contribution in [0, 0.1) is 5.92 Å². The van der Waals surface area contributed by atoms with Crippen molar-refractivity contribution in [3.8, 4) is 5.75 Å². The molecule has 0 spiro atoms. The van der Waals surface area contributed by atoms with Gasteiger partial charge in [0.05, 0.1) is 18.7 Å². The average molecular weight is 395 g/mol. The van der Waals surface area contributed by atoms with Crippen molar-refractivity contribution < 1.29 is 19.1 Å². The van der Waals surface area contributed by atoms with Crippen molar-refractivity contribution in [3.05, 3.63) is 54.1 Å². The maximum absolute atomic E-state index is 12.5. The van der Waals surface area contributed by atoms with Gasteiger partial charge in [-0.1, -0.05) is 36.8 Å². The summed E-state index contributed by atoms with van der Waals surface area (Å²) in [6.45, 7) is 0.805. The quantitative estimate of drug-likeness (QED) is 0.651. The van der Waals surface area contributed by atoms with E-state index in [1.165, 1.54) is 4.90 Å². The molecule has 1 N–H and O–H groups in total. The lowest BCUT2D eigenvalue weighted by Crippen LogP contribution is -2.46. The number of unbranched alkanes of at least 4 members (excludes halogenated alkanes) is 2. The Labute approximate surface area is 170 Å². The first-order valence-corrected chi connectivity index (χ1v) is 9.77. The number of fused-ring (bicyclic) bond motifs is 1. The predicted octanol–water partition coefficient (Wildman–Crippen LogP) is 3.02. The molecule has 0 saturated heterocycles. The summed E-state index contributed by atoms with van der Waals surface area (Å²) in [5, 5.41) is 2.89. The molecule has 0 saturated carbocycles. The van der Waals surface area contributed by atoms with Crippen molar-refractivity contribution in [2.24, 2.45) is 10.9 Å². The second kappa shape index (κ2) is 9.82. The Morgan fingerprint density at radius 1 is 1.14 bits per heavy atom. The van der Waals surface area contributed by atoms with Gasteiger partial charge in [0.25, 0.3) is 0 Å². The minimum absolute atomic E-state index is 0.0145. The number of benzene rings is 1. The Bertz CT molecular complexity index is 855. The van der Waals surface area contributed by atoms with Crippen LogP contribution in [0.1, 0.15) is 31.2 Å². The summed E-state index contributed by atoms with van der Waals surface area (Å²) in [4.78, 5) is 41.7. The molecule has 1 aromatic carbocycles. The van der Waals surface area contributed by atoms with Crippen LogP contribution in [0.15, 0.2) is 53.6 Å². The second-order valence-corrected chi connectivity index (χ2v) is 6.97. The molecule has 1 aliphatic heterocycles. The van der Waals surface area contributed by atoms with E-state index in [-0.39, 0.29) is 11.8 Å². The Balaban J connectivity index is 1.34. The first kappa shape index (κ1) is 20.5. The van der Waals surface area contributed by atoms with E-state index in [4.69, 9.17) is 4.74 Å². The van der Waals surface area contributed by atoms with E-state index in [0.717, 1.165) is 17.7 Å². The summed E-state index contributed by atoms with van der Waals surface area (Å²) >= 11 is 0. The number of carbonyl (C=O) groups is 3. The van der Waals surface area contributed by atoms with E-state index in [9.17, 15) is 14.4 Å². The molecule has 1 aromatic rings. The van der Waals surface area contributed by atoms with E-state index in [2.05, 4.69) is 10.3 Å². The molecule has 1 aliphatic carbocycles. The number of hydrogen-bond donors (Lipinski definition) is 1. The molecule has 2 aliphatic rings. The number of aliphatic imine (C=N–C) groups is 1. The summed E-state index contributed by atoms with van der Waals surface area (Å²) < 4.78 is 5.11. The fourth-order valence-electron chi connectivity index (χ4n) is 3.25. The van der Waals surface area contributed by atoms with Crippen molar-refractivity contribution in [1.82, 2.24) is 10.2 Å². The van der Waals surface area contributed by atoms with Crippen molar-refractivity contribution in [2.45, 2.75) is 32.2 Å². The number of nitrogens with one attached hydrogen (secondary N) is 1. The number of nitrogens with zero attached hydrogens (tertiary/aromatic N) is 2. The highest BCUT2D eigenvalue weighted by Crippen LogP contribution is 2.20. The number of rotatable bonds is 9. The van der Waals surface area contributed by atoms with Gasteiger partial charge in [-0.05, 0) is 36.6 Å². The Kier molecular flexibility index (Phi) is 6.94. The lowest BCUT2D eigenvalue weighted by atomic mass is 9.95. The fraction of sp³-hybridized carbons (Fsp3) is 0.364. The molecule has 7 heteroatoms. The van der Waals surface area contributed by atoms with Gasteiger partial charge in [0.1, 0.15) is 5.75 Å². The highest BCUT2D eigenvalue weighted by molar-refractivity contribution is 6.21. The number of ether oxygens (including phenoxy) is 1. The monoisotopic (exact) mass is 395 g/mol. The Morgan fingerprint density at radius 3 is 2.69 bits per heavy atom. The number of imide groups is 1. The predicted molar refractivity (Wildman–Crippen MR) is 110 cm³/mol. The van der Waals surface area contributed by atoms with E-state index in [0.29, 0.717) is 38.1 Å². The Hall–Kier alpha value is -3.22. The smallest absolute Gasteiger partial charge is 0.350 e. The SMILES string of the molecule is COc1ccc(CNC(=O)CCCCCN2C(=O)N=C3C=CC=CC3C2=O)cc1. The number of carbonyl (C=O) groups excluding carboxylic acids is 3. The van der Waals surface area contributed by atoms with Crippen LogP contribution in [0.4, 0.5) is 4.79 Å². The summed E-state index contributed by atoms with van der Waals surface area (Å²) in [5.41, 5.74) is 1.51. The molecule has 0 fully saturated rings. The van der Waals surface area contributed by atoms with E-state index in [1.54, 1.807) is 31.4 Å². The van der Waals surface area contributed by atoms with Crippen LogP contribution in [0.3, 0.4) is 0 Å². The zero-order valence-electron chi connectivity index (χ0n) is 16.5. The van der Waals surface area contributed by atoms with Crippen LogP contribution < -0.4 is 10.1 Å². The second-order valence-electron chi connectivity index (χ2n) is 6.97. The molecular weight excluding hydrogens is 370 g/mol. The van der Waals surface area contributed by atoms with Crippen LogP contribution in [-0.4, -0.2) is 42.1 Å². The van der Waals surface area contributed by atoms with Gasteiger partial charge in [-0.2, -0.15) is 4.99 Å². The van der Waals surface area contributed by atoms with Crippen LogP contribution in [-0.2, 0) is 16.1 Å². The van der Waals surface area contributed by atoms with Gasteiger partial charge in [0, 0.05) is 19.5 Å². The van der Waals surface area contributed by atoms with Gasteiger partial charge in [0.15, 0.2) is 0 Å². The van der Waals surface area contributed by atoms with Crippen LogP contribution >= 0.6 is 0 Å². The first-order valence-electron chi connectivity index (χ1n) is 9.77. The van der Waals surface area contributed by atoms with E-state index in [1.807, 2.05) is 24.3 Å². The molecule has 1 unspecified atom stereocenters. The van der Waals surface area contributed by atoms with Gasteiger partial charge >= 0.3 is 6.03 Å². The molecular formula is C22H25N3O4. The number of allylic oxidation sites excluding steroid dienone is 3. The molecule has 29 heavy (non-hydrogen) atoms. The van der Waals surface area contributed by atoms with Gasteiger partial charge < -0.3 is 10.1 Å². The van der Waals surface area contributed by atoms with Gasteiger partial charge in [-0.25, -0.2) is 4.79 Å². The van der Waals surface area contributed by atoms with Gasteiger partial charge in [0.2, 0.25) is 11.8 Å². The van der Waals surface area contributed by atoms with Crippen molar-refractivity contribution in [1.29, 1.82) is 0 Å². The van der Waals surface area contributed by atoms with Crippen molar-refractivity contribution >= 4 is 23.6 Å². The topological polar surface area (TPSA) is 88.1 Å². The third kappa shape index (κ3) is 5.40. The maximum atomic E-state index is 12.5. The number of hydrogen-bond acceptors (Lipinski definition) is 4. The lowest BCUT2D eigenvalue weighted by molar-refractivity contribution is -0.129. The zero-order chi connectivity index (χ0) is 20.6. The van der Waals surface area contributed by atoms with Crippen LogP contribution in [0.5, 0.6) is 5.75 Å². The van der Waals surface area contributed by atoms with Crippen molar-refractivity contribution in [3.63, 3.8) is 0 Å². The van der Waals surface area contributed by atoms with E-state index >= 15 is 0 Å². The standard InChI is InChI=1S/C22H25N3O4/c1-29-17-12-10-16(11-13-17)15-23-20(26)9-3-2-6-14-25-21(27)18-7-4-5-8-19(18)24-22(25)28/h4-5,7-8,10-13,18H,2-3,6,9,14-15H2,1H3,(H,23,26). The molecule has 1 atom stereocenters. The molecule has 7 nitrogen and oxygen atoms in total. The Morgan fingerprint density at radius 2 is 1.93 bits per heavy atom. The zero-order valence-corrected chi connectivity index (χ0v) is 16.5. The molecule has 0 radical (unpaired) electrons. The largest absolute Gasteiger partial charge is 0.497 e. The third-order valence-electron chi connectivity index (χ3n) is 4.92. The molecule has 1 heterocycles. The minimum Gasteiger partial charge on any atom is -0.497 e. The third-order valence-corrected chi connectivity index (χ3v) is 4.92. The summed E-state index contributed by atoms with van der Waals surface area (Å²) in [7, 11) is 1.61. The highest BCUT2D eigenvalue weighted by Gasteiger charge is 2.35. The maximum Gasteiger partial charge on any atom is 0.350 e. The highest BCUT2D eigenvalue weighted by atomic mass is 16.5. The molecule has 0 bridgehead atoms. The van der Waals surface area contributed by atoms with Crippen LogP contribution in [0.25, 0.3) is 0 Å². The number of methoxy groups -OCH3 is 1. The van der Waals surface area contributed by atoms with E-state index < -0.39 is 11.9 Å². The number of amides is 4. The molecule has 4 amide bonds. The molecule has 0 aromatic heterocycles. The molecule has 3 rings (SSSR count). The average Bonchev–Trinajstić information content (AvgIpc) is 2.74. The normalized spacial score (nSPS) is 17.8. The summed E-state index contributed by atoms with van der Waals surface area (Å²) in [5.74, 6) is 0.0854. The minimum atomic E-state index is -0.501. The number of urea groups is 1. The van der Waals surface area contributed by atoms with Gasteiger partial charge in [-0.15, -0.1) is 0 Å². The summed E-state index contributed by atoms with van der Waals surface area (Å²) in [6, 6.07) is 7.04. The lowest BCUT2D eigenvalue weighted by Gasteiger charge is -2.28. The summed E-state index contributed by atoms with van der Waals surface area (Å²) in [6.07, 6.45) is 9.54. The fourth-order valence-corrected chi connectivity index (χ4v) is 3.25. The first-order chi connectivity index (χ1) is 14.1. The molecule has 152 valence electrons. The van der Waals surface area contributed by atoms with Crippen LogP contribution in [0.2, 0.25) is 0 Å². The van der Waals surface area contributed by atoms with Crippen molar-refractivity contribution in [2.75, 3.05) is 13.7 Å². The van der Waals surface area contributed by atoms with Gasteiger partial charge in [-0.3, -0.25) is 14.5 Å².